The number of esters is 1. The first kappa shape index (κ1) is 18.3. The van der Waals surface area contributed by atoms with Crippen molar-refractivity contribution in [3.8, 4) is 0 Å². The summed E-state index contributed by atoms with van der Waals surface area (Å²) < 4.78 is 25.4. The van der Waals surface area contributed by atoms with Crippen molar-refractivity contribution < 1.29 is 23.8 Å². The molecule has 0 aliphatic carbocycles. The Morgan fingerprint density at radius 1 is 1.58 bits per heavy atom. The molecule has 1 saturated heterocycles. The van der Waals surface area contributed by atoms with E-state index in [4.69, 9.17) is 20.9 Å². The highest BCUT2D eigenvalue weighted by atomic mass is 19.1. The number of aliphatic hydroxyl groups is 1. The van der Waals surface area contributed by atoms with Crippen molar-refractivity contribution in [2.45, 2.75) is 44.5 Å². The van der Waals surface area contributed by atoms with E-state index in [-0.39, 0.29) is 18.3 Å². The molecule has 5 N–H and O–H groups in total. The van der Waals surface area contributed by atoms with Gasteiger partial charge in [0.1, 0.15) is 30.7 Å². The lowest BCUT2D eigenvalue weighted by molar-refractivity contribution is -0.152. The zero-order chi connectivity index (χ0) is 18.0. The molecule has 0 radical (unpaired) electrons. The molecule has 0 saturated carbocycles. The van der Waals surface area contributed by atoms with Gasteiger partial charge in [-0.1, -0.05) is 13.8 Å². The SMILES string of the molecule is CC(C)C(N)C(=O)OC[C@H]1O[C@@H](n2ccc(N)nc2=O)[C@H](F)[C@@H]1O. The van der Waals surface area contributed by atoms with Gasteiger partial charge in [0.2, 0.25) is 0 Å². The van der Waals surface area contributed by atoms with E-state index in [0.717, 1.165) is 4.57 Å². The molecule has 0 spiro atoms. The van der Waals surface area contributed by atoms with Gasteiger partial charge in [0.05, 0.1) is 0 Å². The lowest BCUT2D eigenvalue weighted by Gasteiger charge is -2.18. The summed E-state index contributed by atoms with van der Waals surface area (Å²) in [5.74, 6) is -0.822. The fraction of sp³-hybridized carbons (Fsp3) is 0.643. The summed E-state index contributed by atoms with van der Waals surface area (Å²) in [5, 5.41) is 9.91. The lowest BCUT2D eigenvalue weighted by Crippen LogP contribution is -2.40. The number of hydrogen-bond donors (Lipinski definition) is 3. The Balaban J connectivity index is 2.05. The number of carbonyl (C=O) groups is 1. The average molecular weight is 344 g/mol. The highest BCUT2D eigenvalue weighted by Gasteiger charge is 2.46. The van der Waals surface area contributed by atoms with Gasteiger partial charge >= 0.3 is 11.7 Å². The summed E-state index contributed by atoms with van der Waals surface area (Å²) >= 11 is 0. The molecule has 1 aromatic heterocycles. The maximum Gasteiger partial charge on any atom is 0.351 e. The first-order valence-electron chi connectivity index (χ1n) is 7.47. The first-order valence-corrected chi connectivity index (χ1v) is 7.47. The number of halogens is 1. The predicted molar refractivity (Wildman–Crippen MR) is 81.5 cm³/mol. The van der Waals surface area contributed by atoms with Crippen LogP contribution in [-0.4, -0.2) is 51.7 Å². The van der Waals surface area contributed by atoms with E-state index in [9.17, 15) is 19.1 Å². The summed E-state index contributed by atoms with van der Waals surface area (Å²) in [4.78, 5) is 26.9. The number of hydrogen-bond acceptors (Lipinski definition) is 8. The molecular weight excluding hydrogens is 323 g/mol. The topological polar surface area (TPSA) is 143 Å². The molecule has 1 aliphatic rings. The van der Waals surface area contributed by atoms with Crippen LogP contribution in [0.4, 0.5) is 10.2 Å². The molecule has 9 nitrogen and oxygen atoms in total. The van der Waals surface area contributed by atoms with E-state index < -0.39 is 42.3 Å². The van der Waals surface area contributed by atoms with Crippen LogP contribution in [0.25, 0.3) is 0 Å². The van der Waals surface area contributed by atoms with Gasteiger partial charge in [-0.25, -0.2) is 9.18 Å². The van der Waals surface area contributed by atoms with E-state index in [0.29, 0.717) is 0 Å². The van der Waals surface area contributed by atoms with Crippen molar-refractivity contribution in [1.82, 2.24) is 9.55 Å². The molecule has 24 heavy (non-hydrogen) atoms. The quantitative estimate of drug-likeness (QED) is 0.574. The Labute approximate surface area is 137 Å². The minimum atomic E-state index is -1.89. The highest BCUT2D eigenvalue weighted by molar-refractivity contribution is 5.75. The number of nitrogens with two attached hydrogens (primary N) is 2. The van der Waals surface area contributed by atoms with Crippen LogP contribution in [0.5, 0.6) is 0 Å². The van der Waals surface area contributed by atoms with Crippen molar-refractivity contribution in [2.75, 3.05) is 12.3 Å². The van der Waals surface area contributed by atoms with E-state index in [1.807, 2.05) is 0 Å². The second-order valence-electron chi connectivity index (χ2n) is 5.94. The Hall–Kier alpha value is -2.04. The maximum atomic E-state index is 14.3. The van der Waals surface area contributed by atoms with Gasteiger partial charge in [0, 0.05) is 6.20 Å². The fourth-order valence-electron chi connectivity index (χ4n) is 2.22. The number of carbonyl (C=O) groups excluding carboxylic acids is 1. The van der Waals surface area contributed by atoms with Crippen LogP contribution in [0.2, 0.25) is 0 Å². The van der Waals surface area contributed by atoms with Crippen LogP contribution in [0.3, 0.4) is 0 Å². The normalized spacial score (nSPS) is 28.1. The number of alkyl halides is 1. The maximum absolute atomic E-state index is 14.3. The van der Waals surface area contributed by atoms with Gasteiger partial charge in [-0.05, 0) is 12.0 Å². The minimum absolute atomic E-state index is 0.0154. The third kappa shape index (κ3) is 3.71. The number of aliphatic hydroxyl groups excluding tert-OH is 1. The van der Waals surface area contributed by atoms with Crippen molar-refractivity contribution in [1.29, 1.82) is 0 Å². The first-order chi connectivity index (χ1) is 11.2. The summed E-state index contributed by atoms with van der Waals surface area (Å²) in [6.45, 7) is 3.12. The van der Waals surface area contributed by atoms with Crippen molar-refractivity contribution in [3.05, 3.63) is 22.7 Å². The highest BCUT2D eigenvalue weighted by Crippen LogP contribution is 2.31. The largest absolute Gasteiger partial charge is 0.462 e. The monoisotopic (exact) mass is 344 g/mol. The lowest BCUT2D eigenvalue weighted by atomic mass is 10.1. The van der Waals surface area contributed by atoms with E-state index >= 15 is 0 Å². The molecule has 2 heterocycles. The number of rotatable bonds is 5. The molecule has 1 aliphatic heterocycles. The molecule has 1 fully saturated rings. The Morgan fingerprint density at radius 3 is 2.83 bits per heavy atom. The Morgan fingerprint density at radius 2 is 2.25 bits per heavy atom. The number of ether oxygens (including phenoxy) is 2. The molecule has 1 unspecified atom stereocenters. The van der Waals surface area contributed by atoms with E-state index in [2.05, 4.69) is 4.98 Å². The van der Waals surface area contributed by atoms with Crippen LogP contribution in [-0.2, 0) is 14.3 Å². The molecule has 5 atom stereocenters. The van der Waals surface area contributed by atoms with Crippen LogP contribution < -0.4 is 17.2 Å². The van der Waals surface area contributed by atoms with Crippen molar-refractivity contribution in [2.24, 2.45) is 11.7 Å². The third-order valence-electron chi connectivity index (χ3n) is 3.80. The van der Waals surface area contributed by atoms with Gasteiger partial charge in [0.25, 0.3) is 0 Å². The summed E-state index contributed by atoms with van der Waals surface area (Å²) in [7, 11) is 0. The van der Waals surface area contributed by atoms with Crippen molar-refractivity contribution in [3.63, 3.8) is 0 Å². The Bertz CT molecular complexity index is 652. The van der Waals surface area contributed by atoms with Crippen molar-refractivity contribution >= 4 is 11.8 Å². The predicted octanol–water partition coefficient (Wildman–Crippen LogP) is -1.05. The molecule has 0 aromatic carbocycles. The number of nitrogen functional groups attached to an aromatic ring is 1. The molecule has 1 aromatic rings. The van der Waals surface area contributed by atoms with Crippen LogP contribution in [0.15, 0.2) is 17.1 Å². The van der Waals surface area contributed by atoms with Crippen LogP contribution in [0, 0.1) is 5.92 Å². The molecule has 10 heteroatoms. The number of nitrogens with zero attached hydrogens (tertiary/aromatic N) is 2. The molecular formula is C14H21FN4O5. The average Bonchev–Trinajstić information content (AvgIpc) is 2.80. The smallest absolute Gasteiger partial charge is 0.351 e. The molecule has 0 bridgehead atoms. The summed E-state index contributed by atoms with van der Waals surface area (Å²) in [5.41, 5.74) is 10.2. The van der Waals surface area contributed by atoms with Crippen LogP contribution in [0.1, 0.15) is 20.1 Å². The molecule has 134 valence electrons. The standard InChI is InChI=1S/C14H21FN4O5/c1-6(2)10(17)13(21)23-5-7-11(20)9(15)12(24-7)19-4-3-8(16)18-14(19)22/h3-4,6-7,9-12,20H,5,17H2,1-2H3,(H2,16,18,22)/t7-,9-,10?,11-,12-/m1/s1. The molecule has 2 rings (SSSR count). The van der Waals surface area contributed by atoms with Gasteiger partial charge in [-0.2, -0.15) is 4.98 Å². The molecule has 0 amide bonds. The second kappa shape index (κ2) is 7.24. The summed E-state index contributed by atoms with van der Waals surface area (Å²) in [6.07, 6.45) is -4.75. The summed E-state index contributed by atoms with van der Waals surface area (Å²) in [6, 6.07) is 0.475. The van der Waals surface area contributed by atoms with Gasteiger partial charge in [0.15, 0.2) is 12.4 Å². The van der Waals surface area contributed by atoms with Gasteiger partial charge < -0.3 is 26.0 Å². The number of anilines is 1. The zero-order valence-corrected chi connectivity index (χ0v) is 13.3. The minimum Gasteiger partial charge on any atom is -0.462 e. The number of aromatic nitrogens is 2. The third-order valence-corrected chi connectivity index (χ3v) is 3.80. The Kier molecular flexibility index (Phi) is 5.52. The van der Waals surface area contributed by atoms with E-state index in [1.165, 1.54) is 12.3 Å². The van der Waals surface area contributed by atoms with Gasteiger partial charge in [-0.3, -0.25) is 9.36 Å². The zero-order valence-electron chi connectivity index (χ0n) is 13.3. The van der Waals surface area contributed by atoms with Gasteiger partial charge in [-0.15, -0.1) is 0 Å². The fourth-order valence-corrected chi connectivity index (χ4v) is 2.22. The van der Waals surface area contributed by atoms with Crippen LogP contribution >= 0.6 is 0 Å². The van der Waals surface area contributed by atoms with E-state index in [1.54, 1.807) is 13.8 Å². The second-order valence-corrected chi connectivity index (χ2v) is 5.94.